The first-order valence-corrected chi connectivity index (χ1v) is 6.00. The molecule has 1 aliphatic carbocycles. The summed E-state index contributed by atoms with van der Waals surface area (Å²) in [5.41, 5.74) is 0.113. The smallest absolute Gasteiger partial charge is 0.341 e. The third-order valence-corrected chi connectivity index (χ3v) is 2.90. The van der Waals surface area contributed by atoms with Gasteiger partial charge in [-0.2, -0.15) is 0 Å². The molecular formula is C12H17N3O3. The maximum absolute atomic E-state index is 11.0. The number of hydrogen-bond donors (Lipinski definition) is 1. The minimum atomic E-state index is -1.02. The van der Waals surface area contributed by atoms with E-state index in [1.165, 1.54) is 25.4 Å². The molecule has 0 radical (unpaired) electrons. The molecule has 0 amide bonds. The summed E-state index contributed by atoms with van der Waals surface area (Å²) in [5.74, 6) is 0.146. The molecule has 0 bridgehead atoms. The normalized spacial score (nSPS) is 14.5. The lowest BCUT2D eigenvalue weighted by atomic mass is 10.3. The molecule has 0 aliphatic heterocycles. The summed E-state index contributed by atoms with van der Waals surface area (Å²) in [6.45, 7) is 2.00. The molecule has 6 heteroatoms. The van der Waals surface area contributed by atoms with E-state index in [1.54, 1.807) is 11.9 Å². The zero-order valence-corrected chi connectivity index (χ0v) is 10.4. The highest BCUT2D eigenvalue weighted by atomic mass is 16.5. The van der Waals surface area contributed by atoms with Gasteiger partial charge in [0.15, 0.2) is 0 Å². The van der Waals surface area contributed by atoms with Crippen molar-refractivity contribution in [3.05, 3.63) is 18.1 Å². The van der Waals surface area contributed by atoms with Gasteiger partial charge in [-0.1, -0.05) is 0 Å². The maximum atomic E-state index is 11.0. The highest BCUT2D eigenvalue weighted by molar-refractivity contribution is 5.92. The lowest BCUT2D eigenvalue weighted by Crippen LogP contribution is -2.26. The topological polar surface area (TPSA) is 75.5 Å². The molecule has 98 valence electrons. The summed E-state index contributed by atoms with van der Waals surface area (Å²) in [5, 5.41) is 9.03. The fraction of sp³-hybridized carbons (Fsp3) is 0.583. The van der Waals surface area contributed by atoms with Crippen LogP contribution in [0.3, 0.4) is 0 Å². The Labute approximate surface area is 106 Å². The number of aromatic nitrogens is 2. The minimum Gasteiger partial charge on any atom is -0.477 e. The SMILES string of the molecule is CN(CCOCC1CC1)c1ncncc1C(=O)O. The van der Waals surface area contributed by atoms with Crippen LogP contribution in [0, 0.1) is 5.92 Å². The molecule has 18 heavy (non-hydrogen) atoms. The number of carbonyl (C=O) groups is 1. The molecule has 0 unspecified atom stereocenters. The molecule has 0 aromatic carbocycles. The summed E-state index contributed by atoms with van der Waals surface area (Å²) >= 11 is 0. The zero-order valence-electron chi connectivity index (χ0n) is 10.4. The van der Waals surface area contributed by atoms with E-state index in [0.29, 0.717) is 19.0 Å². The first kappa shape index (κ1) is 12.8. The first-order chi connectivity index (χ1) is 8.68. The van der Waals surface area contributed by atoms with Crippen LogP contribution in [-0.4, -0.2) is 47.8 Å². The number of anilines is 1. The number of likely N-dealkylation sites (N-methyl/N-ethyl adjacent to an activating group) is 1. The van der Waals surface area contributed by atoms with Crippen LogP contribution in [0.1, 0.15) is 23.2 Å². The molecule has 1 aromatic rings. The van der Waals surface area contributed by atoms with Crippen LogP contribution in [0.2, 0.25) is 0 Å². The number of nitrogens with zero attached hydrogens (tertiary/aromatic N) is 3. The highest BCUT2D eigenvalue weighted by Gasteiger charge is 2.21. The number of carboxylic acid groups (broad SMARTS) is 1. The van der Waals surface area contributed by atoms with Crippen LogP contribution in [0.5, 0.6) is 0 Å². The van der Waals surface area contributed by atoms with Crippen molar-refractivity contribution < 1.29 is 14.6 Å². The Morgan fingerprint density at radius 1 is 1.61 bits per heavy atom. The molecule has 1 N–H and O–H groups in total. The summed E-state index contributed by atoms with van der Waals surface area (Å²) in [4.78, 5) is 20.5. The first-order valence-electron chi connectivity index (χ1n) is 6.00. The number of carboxylic acids is 1. The second-order valence-electron chi connectivity index (χ2n) is 4.51. The van der Waals surface area contributed by atoms with Gasteiger partial charge >= 0.3 is 5.97 Å². The molecule has 6 nitrogen and oxygen atoms in total. The van der Waals surface area contributed by atoms with Gasteiger partial charge in [-0.25, -0.2) is 14.8 Å². The predicted molar refractivity (Wildman–Crippen MR) is 65.8 cm³/mol. The van der Waals surface area contributed by atoms with E-state index >= 15 is 0 Å². The van der Waals surface area contributed by atoms with Crippen molar-refractivity contribution in [1.29, 1.82) is 0 Å². The van der Waals surface area contributed by atoms with E-state index in [1.807, 2.05) is 0 Å². The van der Waals surface area contributed by atoms with Crippen LogP contribution in [-0.2, 0) is 4.74 Å². The van der Waals surface area contributed by atoms with E-state index < -0.39 is 5.97 Å². The Kier molecular flexibility index (Phi) is 4.09. The average molecular weight is 251 g/mol. The molecule has 0 spiro atoms. The number of hydrogen-bond acceptors (Lipinski definition) is 5. The van der Waals surface area contributed by atoms with Crippen LogP contribution in [0.25, 0.3) is 0 Å². The maximum Gasteiger partial charge on any atom is 0.341 e. The fourth-order valence-electron chi connectivity index (χ4n) is 1.62. The van der Waals surface area contributed by atoms with Crippen molar-refractivity contribution in [2.75, 3.05) is 31.7 Å². The van der Waals surface area contributed by atoms with Crippen molar-refractivity contribution in [3.63, 3.8) is 0 Å². The summed E-state index contributed by atoms with van der Waals surface area (Å²) < 4.78 is 5.52. The van der Waals surface area contributed by atoms with Gasteiger partial charge in [-0.05, 0) is 18.8 Å². The number of ether oxygens (including phenoxy) is 1. The van der Waals surface area contributed by atoms with Crippen LogP contribution in [0.15, 0.2) is 12.5 Å². The number of aromatic carboxylic acids is 1. The van der Waals surface area contributed by atoms with E-state index in [-0.39, 0.29) is 5.56 Å². The van der Waals surface area contributed by atoms with Crippen molar-refractivity contribution in [2.45, 2.75) is 12.8 Å². The van der Waals surface area contributed by atoms with Gasteiger partial charge in [-0.3, -0.25) is 0 Å². The van der Waals surface area contributed by atoms with Crippen molar-refractivity contribution in [1.82, 2.24) is 9.97 Å². The second kappa shape index (κ2) is 5.77. The Hall–Kier alpha value is -1.69. The van der Waals surface area contributed by atoms with Crippen LogP contribution < -0.4 is 4.90 Å². The molecule has 0 atom stereocenters. The van der Waals surface area contributed by atoms with Gasteiger partial charge in [0.05, 0.1) is 6.61 Å². The second-order valence-corrected chi connectivity index (χ2v) is 4.51. The minimum absolute atomic E-state index is 0.113. The summed E-state index contributed by atoms with van der Waals surface area (Å²) in [7, 11) is 1.80. The molecule has 1 saturated carbocycles. The van der Waals surface area contributed by atoms with Gasteiger partial charge in [0, 0.05) is 26.4 Å². The standard InChI is InChI=1S/C12H17N3O3/c1-15(4-5-18-7-9-2-3-9)11-10(12(16)17)6-13-8-14-11/h6,8-9H,2-5,7H2,1H3,(H,16,17). The molecule has 1 heterocycles. The average Bonchev–Trinajstić information content (AvgIpc) is 3.18. The molecule has 0 saturated heterocycles. The van der Waals surface area contributed by atoms with E-state index in [2.05, 4.69) is 9.97 Å². The van der Waals surface area contributed by atoms with Gasteiger partial charge in [0.1, 0.15) is 17.7 Å². The molecule has 1 aromatic heterocycles. The third kappa shape index (κ3) is 3.40. The summed E-state index contributed by atoms with van der Waals surface area (Å²) in [6, 6.07) is 0. The van der Waals surface area contributed by atoms with E-state index in [0.717, 1.165) is 12.5 Å². The highest BCUT2D eigenvalue weighted by Crippen LogP contribution is 2.28. The largest absolute Gasteiger partial charge is 0.477 e. The molecule has 1 aliphatic rings. The van der Waals surface area contributed by atoms with Crippen LogP contribution >= 0.6 is 0 Å². The Morgan fingerprint density at radius 3 is 3.06 bits per heavy atom. The number of rotatable bonds is 7. The zero-order chi connectivity index (χ0) is 13.0. The van der Waals surface area contributed by atoms with Gasteiger partial charge in [-0.15, -0.1) is 0 Å². The Bertz CT molecular complexity index is 421. The lowest BCUT2D eigenvalue weighted by Gasteiger charge is -2.19. The van der Waals surface area contributed by atoms with E-state index in [9.17, 15) is 4.79 Å². The van der Waals surface area contributed by atoms with Gasteiger partial charge in [0.25, 0.3) is 0 Å². The summed E-state index contributed by atoms with van der Waals surface area (Å²) in [6.07, 6.45) is 5.20. The molecule has 2 rings (SSSR count). The van der Waals surface area contributed by atoms with Crippen molar-refractivity contribution >= 4 is 11.8 Å². The van der Waals surface area contributed by atoms with Crippen molar-refractivity contribution in [3.8, 4) is 0 Å². The third-order valence-electron chi connectivity index (χ3n) is 2.90. The molecular weight excluding hydrogens is 234 g/mol. The fourth-order valence-corrected chi connectivity index (χ4v) is 1.62. The molecule has 1 fully saturated rings. The Balaban J connectivity index is 1.86. The quantitative estimate of drug-likeness (QED) is 0.730. The van der Waals surface area contributed by atoms with E-state index in [4.69, 9.17) is 9.84 Å². The Morgan fingerprint density at radius 2 is 2.39 bits per heavy atom. The predicted octanol–water partition coefficient (Wildman–Crippen LogP) is 1.04. The van der Waals surface area contributed by atoms with Gasteiger partial charge < -0.3 is 14.7 Å². The van der Waals surface area contributed by atoms with Crippen LogP contribution in [0.4, 0.5) is 5.82 Å². The van der Waals surface area contributed by atoms with Gasteiger partial charge in [0.2, 0.25) is 0 Å². The van der Waals surface area contributed by atoms with Crippen molar-refractivity contribution in [2.24, 2.45) is 5.92 Å². The monoisotopic (exact) mass is 251 g/mol. The lowest BCUT2D eigenvalue weighted by molar-refractivity contribution is 0.0696.